The fraction of sp³-hybridized carbons (Fsp3) is 0.700. The van der Waals surface area contributed by atoms with Gasteiger partial charge in [0, 0.05) is 16.9 Å². The van der Waals surface area contributed by atoms with E-state index in [0.717, 1.165) is 36.3 Å². The molecule has 2 saturated carbocycles. The number of carbonyl (C=O) groups excluding carboxylic acids is 2. The smallest absolute Gasteiger partial charge is 0.161 e. The van der Waals surface area contributed by atoms with Crippen molar-refractivity contribution in [1.82, 2.24) is 0 Å². The molecule has 1 N–H and O–H groups in total. The molecule has 0 aromatic heterocycles. The number of halogens is 1. The summed E-state index contributed by atoms with van der Waals surface area (Å²) in [6, 6.07) is 0. The summed E-state index contributed by atoms with van der Waals surface area (Å²) in [6.45, 7) is 3.62. The average Bonchev–Trinajstić information content (AvgIpc) is 2.81. The molecule has 0 heterocycles. The Bertz CT molecular complexity index is 678. The quantitative estimate of drug-likeness (QED) is 0.784. The predicted octanol–water partition coefficient (Wildman–Crippen LogP) is 3.79. The molecule has 130 valence electrons. The normalized spacial score (nSPS) is 47.2. The van der Waals surface area contributed by atoms with Crippen molar-refractivity contribution in [1.29, 1.82) is 0 Å². The molecule has 4 heteroatoms. The van der Waals surface area contributed by atoms with Crippen LogP contribution < -0.4 is 0 Å². The van der Waals surface area contributed by atoms with Gasteiger partial charge in [0.2, 0.25) is 0 Å². The minimum atomic E-state index is -1.19. The summed E-state index contributed by atoms with van der Waals surface area (Å²) in [6.07, 6.45) is 8.67. The summed E-state index contributed by atoms with van der Waals surface area (Å²) in [4.78, 5) is 24.0. The number of Topliss-reactive ketones (excluding diaryl/α,β-unsaturated/α-hetero) is 1. The number of rotatable bonds is 1. The third-order valence-electron chi connectivity index (χ3n) is 7.67. The molecule has 0 aliphatic heterocycles. The molecule has 3 nitrogen and oxygen atoms in total. The van der Waals surface area contributed by atoms with Crippen LogP contribution in [0.4, 0.5) is 0 Å². The number of hydrogen-bond donors (Lipinski definition) is 1. The lowest BCUT2D eigenvalue weighted by molar-refractivity contribution is -0.155. The van der Waals surface area contributed by atoms with Crippen molar-refractivity contribution in [3.63, 3.8) is 0 Å². The maximum absolute atomic E-state index is 12.2. The zero-order valence-electron chi connectivity index (χ0n) is 14.3. The van der Waals surface area contributed by atoms with Crippen molar-refractivity contribution < 1.29 is 14.7 Å². The Morgan fingerprint density at radius 1 is 1.29 bits per heavy atom. The minimum absolute atomic E-state index is 0.0966. The monoisotopic (exact) mass is 348 g/mol. The first-order valence-electron chi connectivity index (χ1n) is 9.13. The molecule has 24 heavy (non-hydrogen) atoms. The zero-order valence-corrected chi connectivity index (χ0v) is 15.1. The largest absolute Gasteiger partial charge is 0.382 e. The number of aliphatic hydroxyl groups is 1. The second kappa shape index (κ2) is 5.28. The third kappa shape index (κ3) is 2.00. The van der Waals surface area contributed by atoms with E-state index in [1.54, 1.807) is 6.08 Å². The predicted molar refractivity (Wildman–Crippen MR) is 92.4 cm³/mol. The highest BCUT2D eigenvalue weighted by Crippen LogP contribution is 2.64. The molecule has 4 rings (SSSR count). The van der Waals surface area contributed by atoms with Crippen LogP contribution in [-0.4, -0.2) is 22.3 Å². The van der Waals surface area contributed by atoms with E-state index in [9.17, 15) is 14.7 Å². The van der Waals surface area contributed by atoms with E-state index in [1.165, 1.54) is 6.92 Å². The highest BCUT2D eigenvalue weighted by atomic mass is 35.5. The van der Waals surface area contributed by atoms with Gasteiger partial charge in [0.05, 0.1) is 0 Å². The highest BCUT2D eigenvalue weighted by molar-refractivity contribution is 6.32. The Morgan fingerprint density at radius 2 is 2.04 bits per heavy atom. The second-order valence-corrected chi connectivity index (χ2v) is 8.89. The van der Waals surface area contributed by atoms with Crippen LogP contribution in [0.3, 0.4) is 0 Å². The van der Waals surface area contributed by atoms with Crippen LogP contribution in [-0.2, 0) is 9.59 Å². The second-order valence-electron chi connectivity index (χ2n) is 8.48. The van der Waals surface area contributed by atoms with E-state index in [2.05, 4.69) is 13.0 Å². The molecular formula is C20H25ClO3. The molecule has 0 bridgehead atoms. The van der Waals surface area contributed by atoms with Gasteiger partial charge in [-0.3, -0.25) is 9.59 Å². The van der Waals surface area contributed by atoms with Gasteiger partial charge in [-0.15, -0.1) is 0 Å². The molecule has 0 saturated heterocycles. The van der Waals surface area contributed by atoms with Gasteiger partial charge in [-0.25, -0.2) is 0 Å². The first-order valence-corrected chi connectivity index (χ1v) is 9.51. The molecule has 0 amide bonds. The molecule has 0 aromatic carbocycles. The highest BCUT2D eigenvalue weighted by Gasteiger charge is 2.64. The maximum atomic E-state index is 12.2. The molecule has 0 spiro atoms. The summed E-state index contributed by atoms with van der Waals surface area (Å²) in [7, 11) is 0. The fourth-order valence-corrected chi connectivity index (χ4v) is 6.63. The molecule has 4 aliphatic carbocycles. The molecule has 0 aromatic rings. The Morgan fingerprint density at radius 3 is 2.75 bits per heavy atom. The minimum Gasteiger partial charge on any atom is -0.382 e. The molecule has 0 radical (unpaired) electrons. The van der Waals surface area contributed by atoms with E-state index < -0.39 is 5.60 Å². The number of ketones is 2. The van der Waals surface area contributed by atoms with E-state index >= 15 is 0 Å². The first kappa shape index (κ1) is 16.5. The van der Waals surface area contributed by atoms with E-state index in [4.69, 9.17) is 11.6 Å². The van der Waals surface area contributed by atoms with Gasteiger partial charge in [-0.1, -0.05) is 24.6 Å². The van der Waals surface area contributed by atoms with Gasteiger partial charge in [0.15, 0.2) is 11.6 Å². The van der Waals surface area contributed by atoms with Gasteiger partial charge in [0.1, 0.15) is 5.60 Å². The van der Waals surface area contributed by atoms with E-state index in [0.29, 0.717) is 30.6 Å². The molecule has 2 fully saturated rings. The van der Waals surface area contributed by atoms with Crippen LogP contribution in [0, 0.1) is 29.1 Å². The SMILES string of the molecule is CC(=O)[C@@]1(O)CCC2C3C=C(Cl)C4=CC(=O)CCC4C3CC[C@@]21C. The van der Waals surface area contributed by atoms with Crippen LogP contribution in [0.15, 0.2) is 22.8 Å². The standard InChI is InChI=1S/C20H25ClO3/c1-11(22)20(24)8-6-17-15-10-18(21)16-9-12(23)3-4-13(16)14(15)5-7-19(17,20)2/h9-10,13-15,17,24H,3-8H2,1-2H3/t13?,14?,15?,17?,19-,20-/m0/s1. The summed E-state index contributed by atoms with van der Waals surface area (Å²) in [5.74, 6) is 1.53. The Labute approximate surface area is 148 Å². The Hall–Kier alpha value is -0.930. The fourth-order valence-electron chi connectivity index (χ4n) is 6.29. The summed E-state index contributed by atoms with van der Waals surface area (Å²) < 4.78 is 0. The van der Waals surface area contributed by atoms with Gasteiger partial charge in [-0.2, -0.15) is 0 Å². The Kier molecular flexibility index (Phi) is 3.64. The third-order valence-corrected chi connectivity index (χ3v) is 8.01. The molecule has 4 aliphatic rings. The lowest BCUT2D eigenvalue weighted by Gasteiger charge is -2.53. The van der Waals surface area contributed by atoms with Crippen LogP contribution in [0.1, 0.15) is 52.4 Å². The van der Waals surface area contributed by atoms with Crippen molar-refractivity contribution in [2.24, 2.45) is 29.1 Å². The number of carbonyl (C=O) groups is 2. The molecule has 6 atom stereocenters. The van der Waals surface area contributed by atoms with Gasteiger partial charge in [0.25, 0.3) is 0 Å². The summed E-state index contributed by atoms with van der Waals surface area (Å²) in [5, 5.41) is 11.8. The maximum Gasteiger partial charge on any atom is 0.161 e. The lowest BCUT2D eigenvalue weighted by atomic mass is 9.52. The van der Waals surface area contributed by atoms with Gasteiger partial charge >= 0.3 is 0 Å². The lowest BCUT2D eigenvalue weighted by Crippen LogP contribution is -2.55. The van der Waals surface area contributed by atoms with Crippen molar-refractivity contribution in [2.45, 2.75) is 58.0 Å². The first-order chi connectivity index (χ1) is 11.3. The van der Waals surface area contributed by atoms with E-state index in [-0.39, 0.29) is 22.9 Å². The number of hydrogen-bond acceptors (Lipinski definition) is 3. The number of allylic oxidation sites excluding steroid dienone is 4. The summed E-state index contributed by atoms with van der Waals surface area (Å²) in [5.41, 5.74) is -0.529. The van der Waals surface area contributed by atoms with Crippen molar-refractivity contribution >= 4 is 23.2 Å². The van der Waals surface area contributed by atoms with Crippen LogP contribution in [0.2, 0.25) is 0 Å². The molecule has 4 unspecified atom stereocenters. The van der Waals surface area contributed by atoms with Gasteiger partial charge in [-0.05, 0) is 74.3 Å². The summed E-state index contributed by atoms with van der Waals surface area (Å²) >= 11 is 6.56. The van der Waals surface area contributed by atoms with Crippen LogP contribution >= 0.6 is 11.6 Å². The zero-order chi connectivity index (χ0) is 17.3. The van der Waals surface area contributed by atoms with Gasteiger partial charge < -0.3 is 5.11 Å². The Balaban J connectivity index is 1.75. The van der Waals surface area contributed by atoms with E-state index in [1.807, 2.05) is 0 Å². The van der Waals surface area contributed by atoms with Crippen molar-refractivity contribution in [2.75, 3.05) is 0 Å². The van der Waals surface area contributed by atoms with Crippen molar-refractivity contribution in [3.05, 3.63) is 22.8 Å². The van der Waals surface area contributed by atoms with Crippen molar-refractivity contribution in [3.8, 4) is 0 Å². The van der Waals surface area contributed by atoms with Crippen LogP contribution in [0.5, 0.6) is 0 Å². The molecular weight excluding hydrogens is 324 g/mol. The topological polar surface area (TPSA) is 54.4 Å². The number of fused-ring (bicyclic) bond motifs is 5. The average molecular weight is 349 g/mol. The van der Waals surface area contributed by atoms with Crippen LogP contribution in [0.25, 0.3) is 0 Å².